The van der Waals surface area contributed by atoms with Crippen LogP contribution in [-0.2, 0) is 20.7 Å². The third-order valence-electron chi connectivity index (χ3n) is 4.03. The summed E-state index contributed by atoms with van der Waals surface area (Å²) in [5.41, 5.74) is 1.24. The molecule has 5 nitrogen and oxygen atoms in total. The highest BCUT2D eigenvalue weighted by Crippen LogP contribution is 2.21. The van der Waals surface area contributed by atoms with E-state index in [9.17, 15) is 14.0 Å². The lowest BCUT2D eigenvalue weighted by Crippen LogP contribution is -2.30. The van der Waals surface area contributed by atoms with Gasteiger partial charge in [-0.05, 0) is 35.7 Å². The molecule has 0 saturated heterocycles. The highest BCUT2D eigenvalue weighted by Gasteiger charge is 2.19. The molecule has 0 aliphatic carbocycles. The summed E-state index contributed by atoms with van der Waals surface area (Å²) in [6, 6.07) is 12.9. The second-order valence-electron chi connectivity index (χ2n) is 5.76. The molecule has 1 N–H and O–H groups in total. The van der Waals surface area contributed by atoms with Crippen molar-refractivity contribution < 1.29 is 23.5 Å². The largest absolute Gasteiger partial charge is 0.497 e. The third kappa shape index (κ3) is 5.58. The molecule has 0 bridgehead atoms. The Morgan fingerprint density at radius 3 is 2.38 bits per heavy atom. The number of carbonyl (C=O) groups is 2. The molecule has 0 aromatic heterocycles. The van der Waals surface area contributed by atoms with Crippen molar-refractivity contribution >= 4 is 11.9 Å². The molecule has 1 atom stereocenters. The first-order valence-electron chi connectivity index (χ1n) is 8.27. The second-order valence-corrected chi connectivity index (χ2v) is 5.76. The summed E-state index contributed by atoms with van der Waals surface area (Å²) in [4.78, 5) is 24.0. The van der Waals surface area contributed by atoms with Crippen LogP contribution in [0.4, 0.5) is 4.39 Å². The molecule has 2 rings (SSSR count). The van der Waals surface area contributed by atoms with Crippen molar-refractivity contribution in [1.82, 2.24) is 5.32 Å². The zero-order chi connectivity index (χ0) is 18.9. The third-order valence-corrected chi connectivity index (χ3v) is 4.03. The van der Waals surface area contributed by atoms with Crippen molar-refractivity contribution in [2.24, 2.45) is 0 Å². The lowest BCUT2D eigenvalue weighted by molar-refractivity contribution is -0.141. The number of nitrogens with one attached hydrogen (secondary N) is 1. The van der Waals surface area contributed by atoms with Crippen LogP contribution in [0.3, 0.4) is 0 Å². The van der Waals surface area contributed by atoms with Crippen molar-refractivity contribution in [2.45, 2.75) is 25.3 Å². The lowest BCUT2D eigenvalue weighted by Gasteiger charge is -2.18. The minimum absolute atomic E-state index is 0.00820. The van der Waals surface area contributed by atoms with Gasteiger partial charge in [-0.3, -0.25) is 9.59 Å². The molecule has 2 aromatic carbocycles. The summed E-state index contributed by atoms with van der Waals surface area (Å²) in [6.07, 6.45) is 0.412. The monoisotopic (exact) mass is 359 g/mol. The lowest BCUT2D eigenvalue weighted by atomic mass is 10.0. The van der Waals surface area contributed by atoms with Crippen LogP contribution in [0.2, 0.25) is 0 Å². The van der Waals surface area contributed by atoms with Crippen LogP contribution in [0.25, 0.3) is 0 Å². The molecule has 6 heteroatoms. The highest BCUT2D eigenvalue weighted by atomic mass is 19.1. The first-order chi connectivity index (χ1) is 12.5. The number of rotatable bonds is 8. The maximum Gasteiger partial charge on any atom is 0.307 e. The van der Waals surface area contributed by atoms with E-state index in [-0.39, 0.29) is 31.0 Å². The molecule has 26 heavy (non-hydrogen) atoms. The Bertz CT molecular complexity index is 746. The topological polar surface area (TPSA) is 64.6 Å². The van der Waals surface area contributed by atoms with Gasteiger partial charge in [0.05, 0.1) is 26.7 Å². The number of amides is 1. The van der Waals surface area contributed by atoms with Gasteiger partial charge in [0.2, 0.25) is 5.91 Å². The Morgan fingerprint density at radius 1 is 1.08 bits per heavy atom. The fourth-order valence-electron chi connectivity index (χ4n) is 2.55. The van der Waals surface area contributed by atoms with Gasteiger partial charge in [-0.15, -0.1) is 0 Å². The zero-order valence-corrected chi connectivity index (χ0v) is 14.8. The van der Waals surface area contributed by atoms with Gasteiger partial charge in [0, 0.05) is 6.42 Å². The summed E-state index contributed by atoms with van der Waals surface area (Å²) in [7, 11) is 2.86. The number of hydrogen-bond acceptors (Lipinski definition) is 4. The minimum atomic E-state index is -0.526. The SMILES string of the molecule is COC(=O)CC(NC(=O)CCc1ccccc1F)c1ccc(OC)cc1. The average Bonchev–Trinajstić information content (AvgIpc) is 2.66. The molecule has 0 heterocycles. The summed E-state index contributed by atoms with van der Waals surface area (Å²) in [5.74, 6) is -0.351. The summed E-state index contributed by atoms with van der Waals surface area (Å²) in [5, 5.41) is 2.82. The molecule has 0 fully saturated rings. The van der Waals surface area contributed by atoms with Crippen LogP contribution in [0.5, 0.6) is 5.75 Å². The Morgan fingerprint density at radius 2 is 1.77 bits per heavy atom. The number of aryl methyl sites for hydroxylation is 1. The van der Waals surface area contributed by atoms with Gasteiger partial charge in [0.25, 0.3) is 0 Å². The maximum atomic E-state index is 13.7. The predicted octanol–water partition coefficient (Wildman–Crippen LogP) is 3.19. The molecule has 1 amide bonds. The number of hydrogen-bond donors (Lipinski definition) is 1. The Kier molecular flexibility index (Phi) is 7.14. The predicted molar refractivity (Wildman–Crippen MR) is 95.2 cm³/mol. The normalized spacial score (nSPS) is 11.5. The number of esters is 1. The second kappa shape index (κ2) is 9.56. The first kappa shape index (κ1) is 19.4. The smallest absolute Gasteiger partial charge is 0.307 e. The summed E-state index contributed by atoms with van der Waals surface area (Å²) < 4.78 is 23.5. The van der Waals surface area contributed by atoms with Crippen LogP contribution in [-0.4, -0.2) is 26.1 Å². The van der Waals surface area contributed by atoms with Gasteiger partial charge in [0.1, 0.15) is 11.6 Å². The van der Waals surface area contributed by atoms with Crippen LogP contribution in [0, 0.1) is 5.82 Å². The molecule has 0 aliphatic rings. The van der Waals surface area contributed by atoms with E-state index < -0.39 is 12.0 Å². The molecule has 1 unspecified atom stereocenters. The molecule has 0 aliphatic heterocycles. The minimum Gasteiger partial charge on any atom is -0.497 e. The van der Waals surface area contributed by atoms with Crippen molar-refractivity contribution in [3.8, 4) is 5.75 Å². The number of ether oxygens (including phenoxy) is 2. The number of benzene rings is 2. The van der Waals surface area contributed by atoms with E-state index in [4.69, 9.17) is 9.47 Å². The quantitative estimate of drug-likeness (QED) is 0.735. The van der Waals surface area contributed by atoms with E-state index in [0.29, 0.717) is 11.3 Å². The van der Waals surface area contributed by atoms with Gasteiger partial charge in [-0.2, -0.15) is 0 Å². The van der Waals surface area contributed by atoms with Crippen molar-refractivity contribution in [3.05, 3.63) is 65.5 Å². The summed E-state index contributed by atoms with van der Waals surface area (Å²) in [6.45, 7) is 0. The van der Waals surface area contributed by atoms with Gasteiger partial charge >= 0.3 is 5.97 Å². The Labute approximate surface area is 152 Å². The van der Waals surface area contributed by atoms with Crippen molar-refractivity contribution in [3.63, 3.8) is 0 Å². The molecular formula is C20H22FNO4. The fraction of sp³-hybridized carbons (Fsp3) is 0.300. The van der Waals surface area contributed by atoms with E-state index in [1.54, 1.807) is 49.6 Å². The van der Waals surface area contributed by atoms with E-state index in [1.807, 2.05) is 0 Å². The molecular weight excluding hydrogens is 337 g/mol. The number of halogens is 1. The molecule has 0 spiro atoms. The number of methoxy groups -OCH3 is 2. The van der Waals surface area contributed by atoms with E-state index >= 15 is 0 Å². The molecule has 2 aromatic rings. The average molecular weight is 359 g/mol. The molecule has 0 saturated carbocycles. The van der Waals surface area contributed by atoms with Crippen LogP contribution in [0.1, 0.15) is 30.0 Å². The zero-order valence-electron chi connectivity index (χ0n) is 14.8. The van der Waals surface area contributed by atoms with Crippen LogP contribution >= 0.6 is 0 Å². The van der Waals surface area contributed by atoms with Gasteiger partial charge in [-0.25, -0.2) is 4.39 Å². The summed E-state index contributed by atoms with van der Waals surface area (Å²) >= 11 is 0. The fourth-order valence-corrected chi connectivity index (χ4v) is 2.55. The van der Waals surface area contributed by atoms with Crippen LogP contribution in [0.15, 0.2) is 48.5 Å². The van der Waals surface area contributed by atoms with Gasteiger partial charge in [-0.1, -0.05) is 30.3 Å². The maximum absolute atomic E-state index is 13.7. The van der Waals surface area contributed by atoms with E-state index in [2.05, 4.69) is 5.32 Å². The number of carbonyl (C=O) groups excluding carboxylic acids is 2. The first-order valence-corrected chi connectivity index (χ1v) is 8.27. The molecule has 0 radical (unpaired) electrons. The van der Waals surface area contributed by atoms with Crippen LogP contribution < -0.4 is 10.1 Å². The van der Waals surface area contributed by atoms with Gasteiger partial charge in [0.15, 0.2) is 0 Å². The van der Waals surface area contributed by atoms with Gasteiger partial charge < -0.3 is 14.8 Å². The van der Waals surface area contributed by atoms with Crippen molar-refractivity contribution in [1.29, 1.82) is 0 Å². The Hall–Kier alpha value is -2.89. The van der Waals surface area contributed by atoms with Crippen molar-refractivity contribution in [2.75, 3.05) is 14.2 Å². The highest BCUT2D eigenvalue weighted by molar-refractivity contribution is 5.78. The Balaban J connectivity index is 2.03. The van der Waals surface area contributed by atoms with E-state index in [1.165, 1.54) is 13.2 Å². The van der Waals surface area contributed by atoms with E-state index in [0.717, 1.165) is 5.56 Å². The molecule has 138 valence electrons. The standard InChI is InChI=1S/C20H22FNO4/c1-25-16-10-7-15(8-11-16)18(13-20(24)26-2)22-19(23)12-9-14-5-3-4-6-17(14)21/h3-8,10-11,18H,9,12-13H2,1-2H3,(H,22,23).